The van der Waals surface area contributed by atoms with Gasteiger partial charge in [0.1, 0.15) is 12.4 Å². The number of ether oxygens (including phenoxy) is 2. The Labute approximate surface area is 134 Å². The number of piperidine rings is 1. The van der Waals surface area contributed by atoms with Crippen molar-refractivity contribution >= 4 is 11.6 Å². The van der Waals surface area contributed by atoms with E-state index < -0.39 is 6.61 Å². The number of carbonyl (C=O) groups excluding carboxylic acids is 1. The molecule has 0 spiro atoms. The number of halogens is 2. The first-order valence-corrected chi connectivity index (χ1v) is 7.75. The zero-order valence-corrected chi connectivity index (χ0v) is 13.1. The molecule has 0 aromatic heterocycles. The Morgan fingerprint density at radius 1 is 1.39 bits per heavy atom. The topological polar surface area (TPSA) is 50.8 Å². The fourth-order valence-corrected chi connectivity index (χ4v) is 2.63. The normalized spacial score (nSPS) is 18.1. The number of anilines is 1. The number of hydrogen-bond donors (Lipinski definition) is 1. The Morgan fingerprint density at radius 3 is 2.78 bits per heavy atom. The van der Waals surface area contributed by atoms with Crippen LogP contribution in [0, 0.1) is 0 Å². The number of carbonyl (C=O) groups is 1. The van der Waals surface area contributed by atoms with Crippen LogP contribution in [0.1, 0.15) is 19.8 Å². The van der Waals surface area contributed by atoms with Crippen molar-refractivity contribution in [1.82, 2.24) is 5.32 Å². The molecule has 0 bridgehead atoms. The molecule has 1 atom stereocenters. The molecule has 0 saturated carbocycles. The largest absolute Gasteiger partial charge is 0.435 e. The first-order valence-electron chi connectivity index (χ1n) is 7.75. The highest BCUT2D eigenvalue weighted by Crippen LogP contribution is 2.23. The quantitative estimate of drug-likeness (QED) is 0.835. The standard InChI is InChI=1S/C16H22F2N2O3/c1-2-22-11-15(21)19-12-4-3-9-20(10-12)13-5-7-14(8-6-13)23-16(17)18/h5-8,12,16H,2-4,9-11H2,1H3,(H,19,21). The molecule has 1 aromatic carbocycles. The van der Waals surface area contributed by atoms with E-state index in [0.29, 0.717) is 13.2 Å². The van der Waals surface area contributed by atoms with Crippen molar-refractivity contribution in [1.29, 1.82) is 0 Å². The van der Waals surface area contributed by atoms with Gasteiger partial charge in [-0.15, -0.1) is 0 Å². The van der Waals surface area contributed by atoms with Gasteiger partial charge in [0, 0.05) is 31.4 Å². The maximum atomic E-state index is 12.2. The number of hydrogen-bond acceptors (Lipinski definition) is 4. The maximum Gasteiger partial charge on any atom is 0.387 e. The highest BCUT2D eigenvalue weighted by Gasteiger charge is 2.21. The lowest BCUT2D eigenvalue weighted by Crippen LogP contribution is -2.48. The maximum absolute atomic E-state index is 12.2. The minimum atomic E-state index is -2.82. The summed E-state index contributed by atoms with van der Waals surface area (Å²) < 4.78 is 33.7. The zero-order chi connectivity index (χ0) is 16.7. The summed E-state index contributed by atoms with van der Waals surface area (Å²) in [5.41, 5.74) is 0.926. The van der Waals surface area contributed by atoms with Crippen LogP contribution in [0.4, 0.5) is 14.5 Å². The number of alkyl halides is 2. The smallest absolute Gasteiger partial charge is 0.387 e. The summed E-state index contributed by atoms with van der Waals surface area (Å²) in [4.78, 5) is 13.8. The molecule has 5 nitrogen and oxygen atoms in total. The second-order valence-corrected chi connectivity index (χ2v) is 5.36. The Bertz CT molecular complexity index is 497. The number of benzene rings is 1. The summed E-state index contributed by atoms with van der Waals surface area (Å²) in [5, 5.41) is 2.96. The van der Waals surface area contributed by atoms with Crippen molar-refractivity contribution in [2.75, 3.05) is 31.2 Å². The number of amides is 1. The average molecular weight is 328 g/mol. The predicted octanol–water partition coefficient (Wildman–Crippen LogP) is 2.41. The van der Waals surface area contributed by atoms with Gasteiger partial charge < -0.3 is 19.7 Å². The Balaban J connectivity index is 1.89. The van der Waals surface area contributed by atoms with E-state index in [4.69, 9.17) is 4.74 Å². The fourth-order valence-electron chi connectivity index (χ4n) is 2.63. The lowest BCUT2D eigenvalue weighted by Gasteiger charge is -2.34. The van der Waals surface area contributed by atoms with Gasteiger partial charge in [0.25, 0.3) is 0 Å². The van der Waals surface area contributed by atoms with E-state index >= 15 is 0 Å². The van der Waals surface area contributed by atoms with Crippen molar-refractivity contribution < 1.29 is 23.0 Å². The minimum absolute atomic E-state index is 0.0636. The SMILES string of the molecule is CCOCC(=O)NC1CCCN(c2ccc(OC(F)F)cc2)C1. The van der Waals surface area contributed by atoms with Gasteiger partial charge in [-0.25, -0.2) is 0 Å². The van der Waals surface area contributed by atoms with Gasteiger partial charge in [0.15, 0.2) is 0 Å². The van der Waals surface area contributed by atoms with Gasteiger partial charge in [-0.3, -0.25) is 4.79 Å². The van der Waals surface area contributed by atoms with Crippen molar-refractivity contribution in [3.05, 3.63) is 24.3 Å². The van der Waals surface area contributed by atoms with Crippen LogP contribution in [-0.4, -0.2) is 44.9 Å². The van der Waals surface area contributed by atoms with E-state index in [1.165, 1.54) is 12.1 Å². The van der Waals surface area contributed by atoms with Crippen molar-refractivity contribution in [2.45, 2.75) is 32.4 Å². The molecule has 1 unspecified atom stereocenters. The van der Waals surface area contributed by atoms with Gasteiger partial charge in [-0.2, -0.15) is 8.78 Å². The molecule has 1 aliphatic heterocycles. The molecule has 1 saturated heterocycles. The summed E-state index contributed by atoms with van der Waals surface area (Å²) in [6, 6.07) is 6.62. The highest BCUT2D eigenvalue weighted by atomic mass is 19.3. The van der Waals surface area contributed by atoms with Gasteiger partial charge in [-0.1, -0.05) is 0 Å². The molecule has 7 heteroatoms. The number of nitrogens with zero attached hydrogens (tertiary/aromatic N) is 1. The van der Waals surface area contributed by atoms with E-state index in [1.54, 1.807) is 12.1 Å². The lowest BCUT2D eigenvalue weighted by atomic mass is 10.0. The van der Waals surface area contributed by atoms with E-state index in [1.807, 2.05) is 6.92 Å². The van der Waals surface area contributed by atoms with Gasteiger partial charge >= 0.3 is 6.61 Å². The second kappa shape index (κ2) is 8.67. The van der Waals surface area contributed by atoms with Crippen molar-refractivity contribution in [3.8, 4) is 5.75 Å². The molecule has 23 heavy (non-hydrogen) atoms. The third kappa shape index (κ3) is 5.67. The fraction of sp³-hybridized carbons (Fsp3) is 0.562. The third-order valence-electron chi connectivity index (χ3n) is 3.65. The minimum Gasteiger partial charge on any atom is -0.435 e. The summed E-state index contributed by atoms with van der Waals surface area (Å²) in [6.45, 7) is 1.17. The molecular weight excluding hydrogens is 306 g/mol. The zero-order valence-electron chi connectivity index (χ0n) is 13.1. The highest BCUT2D eigenvalue weighted by molar-refractivity contribution is 5.77. The second-order valence-electron chi connectivity index (χ2n) is 5.36. The molecule has 2 rings (SSSR count). The molecule has 0 aliphatic carbocycles. The molecule has 1 N–H and O–H groups in total. The lowest BCUT2D eigenvalue weighted by molar-refractivity contribution is -0.126. The van der Waals surface area contributed by atoms with Crippen LogP contribution in [0.5, 0.6) is 5.75 Å². The molecule has 1 heterocycles. The van der Waals surface area contributed by atoms with Gasteiger partial charge in [0.2, 0.25) is 5.91 Å². The average Bonchev–Trinajstić information content (AvgIpc) is 2.53. The monoisotopic (exact) mass is 328 g/mol. The van der Waals surface area contributed by atoms with Crippen LogP contribution in [0.25, 0.3) is 0 Å². The Kier molecular flexibility index (Phi) is 6.58. The third-order valence-corrected chi connectivity index (χ3v) is 3.65. The molecular formula is C16H22F2N2O3. The van der Waals surface area contributed by atoms with E-state index in [0.717, 1.165) is 25.1 Å². The summed E-state index contributed by atoms with van der Waals surface area (Å²) in [7, 11) is 0. The van der Waals surface area contributed by atoms with Crippen LogP contribution in [-0.2, 0) is 9.53 Å². The molecule has 1 fully saturated rings. The molecule has 128 valence electrons. The van der Waals surface area contributed by atoms with E-state index in [9.17, 15) is 13.6 Å². The van der Waals surface area contributed by atoms with Gasteiger partial charge in [-0.05, 0) is 44.0 Å². The van der Waals surface area contributed by atoms with Crippen LogP contribution >= 0.6 is 0 Å². The number of nitrogens with one attached hydrogen (secondary N) is 1. The van der Waals surface area contributed by atoms with Crippen LogP contribution < -0.4 is 15.0 Å². The summed E-state index contributed by atoms with van der Waals surface area (Å²) in [5.74, 6) is 0.0294. The van der Waals surface area contributed by atoms with E-state index in [-0.39, 0.29) is 24.3 Å². The van der Waals surface area contributed by atoms with Crippen molar-refractivity contribution in [3.63, 3.8) is 0 Å². The van der Waals surface area contributed by atoms with Crippen molar-refractivity contribution in [2.24, 2.45) is 0 Å². The summed E-state index contributed by atoms with van der Waals surface area (Å²) >= 11 is 0. The first-order chi connectivity index (χ1) is 11.1. The molecule has 1 aromatic rings. The van der Waals surface area contributed by atoms with E-state index in [2.05, 4.69) is 15.0 Å². The Morgan fingerprint density at radius 2 is 2.13 bits per heavy atom. The van der Waals surface area contributed by atoms with Gasteiger partial charge in [0.05, 0.1) is 0 Å². The molecule has 0 radical (unpaired) electrons. The van der Waals surface area contributed by atoms with Crippen LogP contribution in [0.15, 0.2) is 24.3 Å². The summed E-state index contributed by atoms with van der Waals surface area (Å²) in [6.07, 6.45) is 1.87. The molecule has 1 aliphatic rings. The van der Waals surface area contributed by atoms with Crippen LogP contribution in [0.2, 0.25) is 0 Å². The predicted molar refractivity (Wildman–Crippen MR) is 82.9 cm³/mol. The number of rotatable bonds is 7. The Hall–Kier alpha value is -1.89. The molecule has 1 amide bonds. The van der Waals surface area contributed by atoms with Crippen LogP contribution in [0.3, 0.4) is 0 Å². The first kappa shape index (κ1) is 17.5.